The van der Waals surface area contributed by atoms with Gasteiger partial charge in [-0.15, -0.1) is 0 Å². The number of nitrogen functional groups attached to an aromatic ring is 1. The van der Waals surface area contributed by atoms with E-state index in [1.54, 1.807) is 7.11 Å². The van der Waals surface area contributed by atoms with Crippen LogP contribution in [0, 0.1) is 6.92 Å². The molecule has 0 aliphatic rings. The summed E-state index contributed by atoms with van der Waals surface area (Å²) in [6.45, 7) is 5.95. The van der Waals surface area contributed by atoms with Crippen LogP contribution in [0.25, 0.3) is 5.76 Å². The molecule has 0 atom stereocenters. The van der Waals surface area contributed by atoms with Crippen LogP contribution in [0.5, 0.6) is 0 Å². The van der Waals surface area contributed by atoms with Crippen LogP contribution in [-0.4, -0.2) is 11.7 Å². The van der Waals surface area contributed by atoms with E-state index in [1.807, 2.05) is 38.6 Å². The molecule has 0 saturated heterocycles. The van der Waals surface area contributed by atoms with E-state index < -0.39 is 0 Å². The van der Waals surface area contributed by atoms with Gasteiger partial charge in [-0.1, -0.05) is 13.8 Å². The van der Waals surface area contributed by atoms with Gasteiger partial charge in [0.1, 0.15) is 5.69 Å². The normalized spacial score (nSPS) is 10.6. The van der Waals surface area contributed by atoms with Gasteiger partial charge in [0, 0.05) is 19.4 Å². The van der Waals surface area contributed by atoms with Gasteiger partial charge in [-0.05, 0) is 12.5 Å². The molecule has 1 rings (SSSR count). The Morgan fingerprint density at radius 3 is 2.27 bits per heavy atom. The number of ether oxygens (including phenoxy) is 1. The zero-order valence-corrected chi connectivity index (χ0v) is 10.2. The van der Waals surface area contributed by atoms with E-state index >= 15 is 0 Å². The van der Waals surface area contributed by atoms with Crippen LogP contribution in [0.3, 0.4) is 0 Å². The van der Waals surface area contributed by atoms with Crippen LogP contribution in [0.4, 0.5) is 5.69 Å². The number of rotatable bonds is 2. The van der Waals surface area contributed by atoms with Gasteiger partial charge in [-0.25, -0.2) is 0 Å². The molecule has 15 heavy (non-hydrogen) atoms. The third-order valence-electron chi connectivity index (χ3n) is 2.02. The van der Waals surface area contributed by atoms with E-state index in [4.69, 9.17) is 16.2 Å². The van der Waals surface area contributed by atoms with Gasteiger partial charge in [-0.3, -0.25) is 0 Å². The molecule has 0 spiro atoms. The number of nitrogens with zero attached hydrogens (tertiary/aromatic N) is 1. The third kappa shape index (κ3) is 2.68. The minimum Gasteiger partial charge on any atom is -0.493 e. The summed E-state index contributed by atoms with van der Waals surface area (Å²) in [5.41, 5.74) is 13.8. The predicted octanol–water partition coefficient (Wildman–Crippen LogP) is 1.85. The Labute approximate surface area is 91.5 Å². The summed E-state index contributed by atoms with van der Waals surface area (Å²) in [5.74, 6) is 0.591. The van der Waals surface area contributed by atoms with Crippen LogP contribution in [0.1, 0.15) is 25.1 Å². The van der Waals surface area contributed by atoms with Gasteiger partial charge in [0.05, 0.1) is 12.8 Å². The summed E-state index contributed by atoms with van der Waals surface area (Å²) >= 11 is 0. The summed E-state index contributed by atoms with van der Waals surface area (Å²) in [6, 6.07) is 0. The minimum atomic E-state index is 0.591. The van der Waals surface area contributed by atoms with Crippen LogP contribution in [-0.2, 0) is 11.8 Å². The highest BCUT2D eigenvalue weighted by atomic mass is 16.5. The van der Waals surface area contributed by atoms with E-state index in [0.29, 0.717) is 11.4 Å². The summed E-state index contributed by atoms with van der Waals surface area (Å²) in [6.07, 6.45) is 3.35. The van der Waals surface area contributed by atoms with Crippen molar-refractivity contribution in [2.24, 2.45) is 12.8 Å². The molecule has 0 amide bonds. The first-order valence-corrected chi connectivity index (χ1v) is 4.99. The average molecular weight is 211 g/mol. The highest BCUT2D eigenvalue weighted by molar-refractivity contribution is 5.71. The zero-order valence-electron chi connectivity index (χ0n) is 10.2. The first-order chi connectivity index (χ1) is 7.11. The lowest BCUT2D eigenvalue weighted by atomic mass is 10.2. The first kappa shape index (κ1) is 13.4. The zero-order chi connectivity index (χ0) is 12.0. The molecule has 0 aliphatic heterocycles. The Morgan fingerprint density at radius 1 is 1.47 bits per heavy atom. The lowest BCUT2D eigenvalue weighted by Gasteiger charge is -2.07. The Kier molecular flexibility index (Phi) is 5.37. The highest BCUT2D eigenvalue weighted by Gasteiger charge is 2.12. The molecule has 0 saturated carbocycles. The van der Waals surface area contributed by atoms with Crippen molar-refractivity contribution in [3.63, 3.8) is 0 Å². The molecule has 0 bridgehead atoms. The van der Waals surface area contributed by atoms with Gasteiger partial charge in [0.2, 0.25) is 0 Å². The molecule has 0 aliphatic carbocycles. The number of anilines is 1. The molecule has 4 heteroatoms. The molecule has 0 aromatic carbocycles. The van der Waals surface area contributed by atoms with E-state index in [1.165, 1.54) is 6.20 Å². The summed E-state index contributed by atoms with van der Waals surface area (Å²) in [7, 11) is 3.47. The van der Waals surface area contributed by atoms with Crippen molar-refractivity contribution in [2.75, 3.05) is 12.8 Å². The van der Waals surface area contributed by atoms with Crippen LogP contribution in [0.2, 0.25) is 0 Å². The smallest absolute Gasteiger partial charge is 0.160 e. The fourth-order valence-corrected chi connectivity index (χ4v) is 1.35. The quantitative estimate of drug-likeness (QED) is 0.734. The number of aromatic nitrogens is 1. The van der Waals surface area contributed by atoms with E-state index in [-0.39, 0.29) is 0 Å². The molecule has 0 radical (unpaired) electrons. The van der Waals surface area contributed by atoms with Crippen molar-refractivity contribution in [1.29, 1.82) is 0 Å². The monoisotopic (exact) mass is 211 g/mol. The maximum Gasteiger partial charge on any atom is 0.160 e. The standard InChI is InChI=1S/C9H15N3O.C2H6/c1-6-5-12(2)9(8(6)11)7(4-10)13-3;1-2/h4-5H,10-11H2,1-3H3;1-2H3/b7-4+;. The lowest BCUT2D eigenvalue weighted by molar-refractivity contribution is 0.366. The fraction of sp³-hybridized carbons (Fsp3) is 0.455. The number of hydrogen-bond donors (Lipinski definition) is 2. The topological polar surface area (TPSA) is 66.2 Å². The van der Waals surface area contributed by atoms with Crippen LogP contribution in [0.15, 0.2) is 12.4 Å². The molecule has 1 heterocycles. The van der Waals surface area contributed by atoms with Gasteiger partial charge in [-0.2, -0.15) is 0 Å². The molecular weight excluding hydrogens is 190 g/mol. The molecular formula is C11H21N3O. The molecule has 0 fully saturated rings. The Bertz CT molecular complexity index is 340. The first-order valence-electron chi connectivity index (χ1n) is 4.99. The van der Waals surface area contributed by atoms with Crippen molar-refractivity contribution < 1.29 is 4.74 Å². The number of methoxy groups -OCH3 is 1. The summed E-state index contributed by atoms with van der Waals surface area (Å²) in [4.78, 5) is 0. The van der Waals surface area contributed by atoms with E-state index in [9.17, 15) is 0 Å². The molecule has 86 valence electrons. The number of hydrogen-bond acceptors (Lipinski definition) is 3. The second-order valence-electron chi connectivity index (χ2n) is 2.92. The number of nitrogens with two attached hydrogens (primary N) is 2. The predicted molar refractivity (Wildman–Crippen MR) is 65.1 cm³/mol. The van der Waals surface area contributed by atoms with Gasteiger partial charge in [0.15, 0.2) is 5.76 Å². The fourth-order valence-electron chi connectivity index (χ4n) is 1.35. The molecule has 4 nitrogen and oxygen atoms in total. The maximum absolute atomic E-state index is 5.86. The van der Waals surface area contributed by atoms with E-state index in [2.05, 4.69) is 0 Å². The van der Waals surface area contributed by atoms with Crippen molar-refractivity contribution in [3.8, 4) is 0 Å². The lowest BCUT2D eigenvalue weighted by Crippen LogP contribution is -2.01. The number of aryl methyl sites for hydroxylation is 2. The van der Waals surface area contributed by atoms with E-state index in [0.717, 1.165) is 11.3 Å². The SMILES string of the molecule is CC.CO/C(=C/N)c1c(N)c(C)cn1C. The third-order valence-corrected chi connectivity index (χ3v) is 2.02. The van der Waals surface area contributed by atoms with Crippen LogP contribution < -0.4 is 11.5 Å². The Balaban J connectivity index is 0.000000921. The Hall–Kier alpha value is -1.58. The minimum absolute atomic E-state index is 0.591. The van der Waals surface area contributed by atoms with Crippen molar-refractivity contribution in [3.05, 3.63) is 23.7 Å². The van der Waals surface area contributed by atoms with Crippen molar-refractivity contribution >= 4 is 11.4 Å². The van der Waals surface area contributed by atoms with Crippen molar-refractivity contribution in [1.82, 2.24) is 4.57 Å². The largest absolute Gasteiger partial charge is 0.493 e. The van der Waals surface area contributed by atoms with Crippen LogP contribution >= 0.6 is 0 Å². The molecule has 0 unspecified atom stereocenters. The maximum atomic E-state index is 5.86. The summed E-state index contributed by atoms with van der Waals surface area (Å²) < 4.78 is 6.99. The van der Waals surface area contributed by atoms with Gasteiger partial charge in [0.25, 0.3) is 0 Å². The molecule has 1 aromatic heterocycles. The average Bonchev–Trinajstić information content (AvgIpc) is 2.49. The summed E-state index contributed by atoms with van der Waals surface area (Å²) in [5, 5.41) is 0. The highest BCUT2D eigenvalue weighted by Crippen LogP contribution is 2.25. The molecule has 1 aromatic rings. The van der Waals surface area contributed by atoms with Gasteiger partial charge >= 0.3 is 0 Å². The second-order valence-corrected chi connectivity index (χ2v) is 2.92. The van der Waals surface area contributed by atoms with Crippen molar-refractivity contribution in [2.45, 2.75) is 20.8 Å². The Morgan fingerprint density at radius 2 is 2.00 bits per heavy atom. The molecule has 4 N–H and O–H groups in total. The second kappa shape index (κ2) is 6.01. The van der Waals surface area contributed by atoms with Gasteiger partial charge < -0.3 is 20.8 Å².